The summed E-state index contributed by atoms with van der Waals surface area (Å²) in [7, 11) is 0. The molecule has 1 rings (SSSR count). The number of nitriles is 1. The molecule has 0 aromatic rings. The molecule has 0 N–H and O–H groups in total. The molecule has 64 valence electrons. The van der Waals surface area contributed by atoms with Gasteiger partial charge >= 0.3 is 0 Å². The second kappa shape index (κ2) is 7.60. The summed E-state index contributed by atoms with van der Waals surface area (Å²) in [5.41, 5.74) is 0. The minimum atomic E-state index is 1.10. The molecule has 1 aliphatic carbocycles. The van der Waals surface area contributed by atoms with Crippen molar-refractivity contribution in [3.8, 4) is 6.57 Å². The first-order valence-corrected chi connectivity index (χ1v) is 4.69. The molecule has 0 bridgehead atoms. The molecular formula is C10H19N. The summed E-state index contributed by atoms with van der Waals surface area (Å²) in [6, 6.07) is 0. The van der Waals surface area contributed by atoms with Crippen molar-refractivity contribution in [1.29, 1.82) is 5.26 Å². The van der Waals surface area contributed by atoms with Gasteiger partial charge in [0.2, 0.25) is 0 Å². The molecule has 0 aromatic carbocycles. The highest BCUT2D eigenvalue weighted by Gasteiger charge is 2.10. The van der Waals surface area contributed by atoms with E-state index in [-0.39, 0.29) is 0 Å². The predicted octanol–water partition coefficient (Wildman–Crippen LogP) is 3.51. The van der Waals surface area contributed by atoms with Crippen LogP contribution in [0.5, 0.6) is 0 Å². The number of hydrogen-bond donors (Lipinski definition) is 0. The summed E-state index contributed by atoms with van der Waals surface area (Å²) in [5.74, 6) is 1.10. The highest BCUT2D eigenvalue weighted by Crippen LogP contribution is 2.26. The molecule has 0 heterocycles. The van der Waals surface area contributed by atoms with Gasteiger partial charge in [0.15, 0.2) is 0 Å². The maximum atomic E-state index is 6.50. The quantitative estimate of drug-likeness (QED) is 0.595. The van der Waals surface area contributed by atoms with Gasteiger partial charge < -0.3 is 0 Å². The van der Waals surface area contributed by atoms with Crippen LogP contribution >= 0.6 is 0 Å². The van der Waals surface area contributed by atoms with Gasteiger partial charge in [-0.25, -0.2) is 5.26 Å². The molecule has 0 aliphatic heterocycles. The molecule has 1 heteroatoms. The Morgan fingerprint density at radius 3 is 2.18 bits per heavy atom. The lowest BCUT2D eigenvalue weighted by atomic mass is 9.86. The molecule has 1 fully saturated rings. The largest absolute Gasteiger partial charge is 0.202 e. The van der Waals surface area contributed by atoms with E-state index < -0.39 is 0 Å². The van der Waals surface area contributed by atoms with Crippen molar-refractivity contribution in [3.05, 3.63) is 0 Å². The van der Waals surface area contributed by atoms with E-state index in [1.807, 2.05) is 0 Å². The zero-order chi connectivity index (χ0) is 8.53. The standard InChI is InChI=1S/C9H18.CHN/c1-2-6-9-7-4-3-5-8-9;1-2/h9H,2-8H2,1H3;1H. The molecule has 0 aromatic heterocycles. The fourth-order valence-corrected chi connectivity index (χ4v) is 1.88. The molecule has 0 saturated heterocycles. The summed E-state index contributed by atoms with van der Waals surface area (Å²) in [5, 5.41) is 6.50. The van der Waals surface area contributed by atoms with Crippen molar-refractivity contribution in [2.45, 2.75) is 51.9 Å². The number of nitrogens with zero attached hydrogens (tertiary/aromatic N) is 1. The van der Waals surface area contributed by atoms with E-state index in [0.29, 0.717) is 0 Å². The minimum absolute atomic E-state index is 1.10. The van der Waals surface area contributed by atoms with Crippen LogP contribution in [0.15, 0.2) is 0 Å². The molecule has 0 amide bonds. The lowest BCUT2D eigenvalue weighted by molar-refractivity contribution is 0.336. The zero-order valence-corrected chi connectivity index (χ0v) is 7.55. The van der Waals surface area contributed by atoms with Crippen LogP contribution in [-0.2, 0) is 0 Å². The molecule has 0 radical (unpaired) electrons. The molecule has 1 nitrogen and oxygen atoms in total. The Morgan fingerprint density at radius 2 is 1.73 bits per heavy atom. The van der Waals surface area contributed by atoms with E-state index in [0.717, 1.165) is 5.92 Å². The Morgan fingerprint density at radius 1 is 1.18 bits per heavy atom. The van der Waals surface area contributed by atoms with Gasteiger partial charge in [-0.15, -0.1) is 0 Å². The van der Waals surface area contributed by atoms with Crippen molar-refractivity contribution in [2.24, 2.45) is 5.92 Å². The lowest BCUT2D eigenvalue weighted by Crippen LogP contribution is -2.04. The van der Waals surface area contributed by atoms with E-state index in [4.69, 9.17) is 5.26 Å². The highest BCUT2D eigenvalue weighted by atomic mass is 14.2. The Bertz CT molecular complexity index is 87.5. The van der Waals surface area contributed by atoms with Crippen LogP contribution in [0.2, 0.25) is 0 Å². The van der Waals surface area contributed by atoms with Crippen LogP contribution in [0.4, 0.5) is 0 Å². The van der Waals surface area contributed by atoms with E-state index >= 15 is 0 Å². The molecule has 11 heavy (non-hydrogen) atoms. The molecule has 0 unspecified atom stereocenters. The van der Waals surface area contributed by atoms with Gasteiger partial charge in [0, 0.05) is 6.57 Å². The summed E-state index contributed by atoms with van der Waals surface area (Å²) in [6.07, 6.45) is 10.4. The van der Waals surface area contributed by atoms with E-state index in [1.165, 1.54) is 44.9 Å². The Kier molecular flexibility index (Phi) is 7.24. The normalized spacial score (nSPS) is 18.5. The van der Waals surface area contributed by atoms with E-state index in [2.05, 4.69) is 13.5 Å². The summed E-state index contributed by atoms with van der Waals surface area (Å²) in [4.78, 5) is 0. The Labute approximate surface area is 70.4 Å². The van der Waals surface area contributed by atoms with Crippen molar-refractivity contribution < 1.29 is 0 Å². The second-order valence-electron chi connectivity index (χ2n) is 3.29. The molecule has 1 aliphatic rings. The van der Waals surface area contributed by atoms with Crippen LogP contribution in [0.1, 0.15) is 51.9 Å². The SMILES string of the molecule is C#N.CCCC1CCCCC1. The third-order valence-corrected chi connectivity index (χ3v) is 2.42. The highest BCUT2D eigenvalue weighted by molar-refractivity contribution is 4.64. The van der Waals surface area contributed by atoms with Gasteiger partial charge in [-0.05, 0) is 5.92 Å². The average Bonchev–Trinajstić information content (AvgIpc) is 2.11. The third-order valence-electron chi connectivity index (χ3n) is 2.42. The summed E-state index contributed by atoms with van der Waals surface area (Å²) >= 11 is 0. The van der Waals surface area contributed by atoms with Gasteiger partial charge in [-0.1, -0.05) is 51.9 Å². The van der Waals surface area contributed by atoms with Crippen LogP contribution in [0.3, 0.4) is 0 Å². The summed E-state index contributed by atoms with van der Waals surface area (Å²) in [6.45, 7) is 5.80. The first-order valence-electron chi connectivity index (χ1n) is 4.69. The van der Waals surface area contributed by atoms with Gasteiger partial charge in [0.1, 0.15) is 0 Å². The van der Waals surface area contributed by atoms with Gasteiger partial charge in [-0.3, -0.25) is 0 Å². The average molecular weight is 153 g/mol. The maximum absolute atomic E-state index is 6.50. The Hall–Kier alpha value is -0.510. The van der Waals surface area contributed by atoms with Gasteiger partial charge in [0.25, 0.3) is 0 Å². The van der Waals surface area contributed by atoms with Crippen LogP contribution in [-0.4, -0.2) is 0 Å². The summed E-state index contributed by atoms with van der Waals surface area (Å²) < 4.78 is 0. The fourth-order valence-electron chi connectivity index (χ4n) is 1.88. The fraction of sp³-hybridized carbons (Fsp3) is 0.900. The number of hydrogen-bond acceptors (Lipinski definition) is 1. The molecule has 1 saturated carbocycles. The first-order chi connectivity index (χ1) is 5.43. The lowest BCUT2D eigenvalue weighted by Gasteiger charge is -2.20. The Balaban J connectivity index is 0.000000461. The van der Waals surface area contributed by atoms with Crippen molar-refractivity contribution >= 4 is 0 Å². The van der Waals surface area contributed by atoms with E-state index in [9.17, 15) is 0 Å². The predicted molar refractivity (Wildman–Crippen MR) is 48.2 cm³/mol. The topological polar surface area (TPSA) is 23.8 Å². The van der Waals surface area contributed by atoms with Gasteiger partial charge in [-0.2, -0.15) is 0 Å². The van der Waals surface area contributed by atoms with Crippen LogP contribution in [0, 0.1) is 17.8 Å². The zero-order valence-electron chi connectivity index (χ0n) is 7.55. The molecule has 0 atom stereocenters. The first kappa shape index (κ1) is 10.5. The van der Waals surface area contributed by atoms with Gasteiger partial charge in [0.05, 0.1) is 0 Å². The van der Waals surface area contributed by atoms with Crippen molar-refractivity contribution in [2.75, 3.05) is 0 Å². The van der Waals surface area contributed by atoms with E-state index in [1.54, 1.807) is 0 Å². The van der Waals surface area contributed by atoms with Crippen molar-refractivity contribution in [3.63, 3.8) is 0 Å². The molecule has 0 spiro atoms. The monoisotopic (exact) mass is 153 g/mol. The van der Waals surface area contributed by atoms with Crippen LogP contribution < -0.4 is 0 Å². The smallest absolute Gasteiger partial charge is 0.0462 e. The van der Waals surface area contributed by atoms with Crippen molar-refractivity contribution in [1.82, 2.24) is 0 Å². The maximum Gasteiger partial charge on any atom is 0.0462 e. The van der Waals surface area contributed by atoms with Crippen LogP contribution in [0.25, 0.3) is 0 Å². The minimum Gasteiger partial charge on any atom is -0.202 e. The number of rotatable bonds is 2. The molecular weight excluding hydrogens is 134 g/mol. The second-order valence-corrected chi connectivity index (χ2v) is 3.29. The third kappa shape index (κ3) is 4.84.